The van der Waals surface area contributed by atoms with Gasteiger partial charge >= 0.3 is 0 Å². The first-order chi connectivity index (χ1) is 11.2. The van der Waals surface area contributed by atoms with Gasteiger partial charge in [0.25, 0.3) is 3.91 Å². The van der Waals surface area contributed by atoms with E-state index in [0.29, 0.717) is 6.54 Å². The van der Waals surface area contributed by atoms with E-state index >= 15 is 0 Å². The highest BCUT2D eigenvalue weighted by Crippen LogP contribution is 2.41. The van der Waals surface area contributed by atoms with Crippen LogP contribution in [0.4, 0.5) is 10.5 Å². The molecule has 0 saturated carbocycles. The molecule has 114 valence electrons. The third kappa shape index (κ3) is 2.45. The molecule has 3 aromatic rings. The molecule has 2 aromatic carbocycles. The van der Waals surface area contributed by atoms with Crippen molar-refractivity contribution < 1.29 is 4.79 Å². The van der Waals surface area contributed by atoms with Crippen LogP contribution in [-0.2, 0) is 6.54 Å². The third-order valence-corrected chi connectivity index (χ3v) is 5.15. The van der Waals surface area contributed by atoms with Crippen molar-refractivity contribution in [2.24, 2.45) is 0 Å². The SMILES string of the molecule is O=C(I)N1Cc2ccccc2-c2nnn(I)c2-c2ccccc21. The summed E-state index contributed by atoms with van der Waals surface area (Å²) in [6.07, 6.45) is 0. The molecule has 1 amide bonds. The maximum atomic E-state index is 12.2. The third-order valence-electron chi connectivity index (χ3n) is 3.90. The summed E-state index contributed by atoms with van der Waals surface area (Å²) in [5.74, 6) is 0. The van der Waals surface area contributed by atoms with Crippen molar-refractivity contribution in [3.05, 3.63) is 54.1 Å². The van der Waals surface area contributed by atoms with Crippen molar-refractivity contribution in [2.75, 3.05) is 4.90 Å². The molecule has 1 aromatic heterocycles. The predicted octanol–water partition coefficient (Wildman–Crippen LogP) is 4.69. The Kier molecular flexibility index (Phi) is 3.84. The molecule has 0 fully saturated rings. The Morgan fingerprint density at radius 1 is 1.04 bits per heavy atom. The number of fused-ring (bicyclic) bond motifs is 5. The molecule has 0 atom stereocenters. The standard InChI is InChI=1S/C16H10I2N4O/c17-16(23)21-9-10-5-1-2-6-11(10)14-15(22(18)20-19-14)12-7-3-4-8-13(12)21/h1-8H,9H2. The Morgan fingerprint density at radius 3 is 2.52 bits per heavy atom. The maximum Gasteiger partial charge on any atom is 0.287 e. The molecular weight excluding hydrogens is 518 g/mol. The smallest absolute Gasteiger partial charge is 0.287 e. The summed E-state index contributed by atoms with van der Waals surface area (Å²) < 4.78 is 1.73. The van der Waals surface area contributed by atoms with Crippen molar-refractivity contribution >= 4 is 55.1 Å². The topological polar surface area (TPSA) is 51.0 Å². The van der Waals surface area contributed by atoms with Crippen LogP contribution in [0.2, 0.25) is 0 Å². The van der Waals surface area contributed by atoms with Crippen LogP contribution in [0.3, 0.4) is 0 Å². The summed E-state index contributed by atoms with van der Waals surface area (Å²) in [6, 6.07) is 15.9. The van der Waals surface area contributed by atoms with Crippen molar-refractivity contribution in [1.82, 2.24) is 13.2 Å². The normalized spacial score (nSPS) is 12.7. The fourth-order valence-electron chi connectivity index (χ4n) is 2.88. The van der Waals surface area contributed by atoms with E-state index in [2.05, 4.69) is 33.2 Å². The second-order valence-electron chi connectivity index (χ2n) is 5.16. The Labute approximate surface area is 160 Å². The van der Waals surface area contributed by atoms with Crippen LogP contribution >= 0.6 is 45.5 Å². The Morgan fingerprint density at radius 2 is 1.74 bits per heavy atom. The summed E-state index contributed by atoms with van der Waals surface area (Å²) in [7, 11) is 0. The number of benzene rings is 2. The molecule has 0 bridgehead atoms. The molecule has 0 saturated heterocycles. The van der Waals surface area contributed by atoms with Gasteiger partial charge in [0.2, 0.25) is 0 Å². The molecule has 0 N–H and O–H groups in total. The van der Waals surface area contributed by atoms with Gasteiger partial charge in [0.15, 0.2) is 0 Å². The monoisotopic (exact) mass is 528 g/mol. The van der Waals surface area contributed by atoms with E-state index in [-0.39, 0.29) is 3.91 Å². The summed E-state index contributed by atoms with van der Waals surface area (Å²) in [5.41, 5.74) is 5.68. The zero-order valence-electron chi connectivity index (χ0n) is 11.8. The van der Waals surface area contributed by atoms with Gasteiger partial charge in [0, 0.05) is 33.7 Å². The minimum atomic E-state index is -0.0132. The van der Waals surface area contributed by atoms with Crippen molar-refractivity contribution in [1.29, 1.82) is 0 Å². The van der Waals surface area contributed by atoms with Gasteiger partial charge in [-0.2, -0.15) is 2.90 Å². The molecule has 4 rings (SSSR count). The predicted molar refractivity (Wildman–Crippen MR) is 106 cm³/mol. The fraction of sp³-hybridized carbons (Fsp3) is 0.0625. The molecule has 2 heterocycles. The number of carbonyl (C=O) groups is 1. The molecule has 7 heteroatoms. The van der Waals surface area contributed by atoms with Gasteiger partial charge in [-0.25, -0.2) is 0 Å². The highest BCUT2D eigenvalue weighted by Gasteiger charge is 2.27. The van der Waals surface area contributed by atoms with Crippen LogP contribution in [0.1, 0.15) is 5.56 Å². The van der Waals surface area contributed by atoms with Crippen molar-refractivity contribution in [3.63, 3.8) is 0 Å². The number of rotatable bonds is 0. The molecule has 0 radical (unpaired) electrons. The van der Waals surface area contributed by atoms with E-state index in [1.807, 2.05) is 71.1 Å². The molecule has 1 aliphatic heterocycles. The van der Waals surface area contributed by atoms with Gasteiger partial charge < -0.3 is 0 Å². The lowest BCUT2D eigenvalue weighted by Gasteiger charge is -2.26. The Bertz CT molecular complexity index is 922. The Balaban J connectivity index is 2.11. The number of carbonyl (C=O) groups excluding carboxylic acids is 1. The van der Waals surface area contributed by atoms with Gasteiger partial charge in [0.05, 0.1) is 35.1 Å². The molecule has 1 aliphatic rings. The second-order valence-corrected chi connectivity index (χ2v) is 7.00. The van der Waals surface area contributed by atoms with Crippen molar-refractivity contribution in [3.8, 4) is 22.5 Å². The summed E-state index contributed by atoms with van der Waals surface area (Å²) in [4.78, 5) is 14.0. The lowest BCUT2D eigenvalue weighted by atomic mass is 9.96. The first kappa shape index (κ1) is 15.1. The lowest BCUT2D eigenvalue weighted by molar-refractivity contribution is 0.267. The average molecular weight is 528 g/mol. The largest absolute Gasteiger partial charge is 0.299 e. The quantitative estimate of drug-likeness (QED) is 0.242. The van der Waals surface area contributed by atoms with E-state index in [1.165, 1.54) is 0 Å². The number of anilines is 1. The lowest BCUT2D eigenvalue weighted by Crippen LogP contribution is -2.26. The van der Waals surface area contributed by atoms with Crippen LogP contribution in [-0.4, -0.2) is 17.1 Å². The highest BCUT2D eigenvalue weighted by atomic mass is 127. The molecule has 23 heavy (non-hydrogen) atoms. The van der Waals surface area contributed by atoms with Crippen LogP contribution in [0, 0.1) is 0 Å². The number of aromatic nitrogens is 3. The van der Waals surface area contributed by atoms with Gasteiger partial charge in [0.1, 0.15) is 11.4 Å². The minimum Gasteiger partial charge on any atom is -0.299 e. The molecule has 0 aliphatic carbocycles. The van der Waals surface area contributed by atoms with Crippen molar-refractivity contribution in [2.45, 2.75) is 6.54 Å². The zero-order chi connectivity index (χ0) is 16.0. The Hall–Kier alpha value is -1.49. The van der Waals surface area contributed by atoms with Gasteiger partial charge in [-0.05, 0) is 11.6 Å². The maximum absolute atomic E-state index is 12.2. The molecular formula is C16H10I2N4O. The fourth-order valence-corrected chi connectivity index (χ4v) is 3.90. The molecule has 5 nitrogen and oxygen atoms in total. The van der Waals surface area contributed by atoms with Gasteiger partial charge in [-0.15, -0.1) is 5.10 Å². The first-order valence-corrected chi connectivity index (χ1v) is 8.97. The average Bonchev–Trinajstić information content (AvgIpc) is 2.92. The van der Waals surface area contributed by atoms with Gasteiger partial charge in [-0.3, -0.25) is 9.69 Å². The molecule has 0 unspecified atom stereocenters. The van der Waals surface area contributed by atoms with E-state index in [4.69, 9.17) is 0 Å². The van der Waals surface area contributed by atoms with E-state index in [1.54, 1.807) is 7.80 Å². The van der Waals surface area contributed by atoms with Crippen LogP contribution in [0.25, 0.3) is 22.5 Å². The van der Waals surface area contributed by atoms with Crippen LogP contribution < -0.4 is 4.90 Å². The van der Waals surface area contributed by atoms with E-state index in [9.17, 15) is 4.79 Å². The second kappa shape index (κ2) is 5.86. The van der Waals surface area contributed by atoms with E-state index in [0.717, 1.165) is 33.8 Å². The summed E-state index contributed by atoms with van der Waals surface area (Å²) in [5, 5.41) is 8.57. The zero-order valence-corrected chi connectivity index (χ0v) is 16.1. The first-order valence-electron chi connectivity index (χ1n) is 6.93. The minimum absolute atomic E-state index is 0.0132. The summed E-state index contributed by atoms with van der Waals surface area (Å²) in [6.45, 7) is 0.516. The number of nitrogens with zero attached hydrogens (tertiary/aromatic N) is 4. The van der Waals surface area contributed by atoms with Crippen LogP contribution in [0.15, 0.2) is 48.5 Å². The highest BCUT2D eigenvalue weighted by molar-refractivity contribution is 14.1. The number of halogens is 2. The number of hydrogen-bond donors (Lipinski definition) is 0. The number of hydrogen-bond acceptors (Lipinski definition) is 3. The molecule has 0 spiro atoms. The van der Waals surface area contributed by atoms with Gasteiger partial charge in [-0.1, -0.05) is 47.7 Å². The summed E-state index contributed by atoms with van der Waals surface area (Å²) >= 11 is 3.97. The number of amides is 1. The number of para-hydroxylation sites is 1. The van der Waals surface area contributed by atoms with E-state index < -0.39 is 0 Å². The van der Waals surface area contributed by atoms with Crippen LogP contribution in [0.5, 0.6) is 0 Å².